The van der Waals surface area contributed by atoms with Crippen LogP contribution in [0.25, 0.3) is 5.57 Å². The van der Waals surface area contributed by atoms with Gasteiger partial charge in [-0.25, -0.2) is 0 Å². The first-order valence-corrected chi connectivity index (χ1v) is 8.67. The highest BCUT2D eigenvalue weighted by atomic mass is 32.2. The highest BCUT2D eigenvalue weighted by molar-refractivity contribution is 7.98. The molecule has 0 saturated carbocycles. The summed E-state index contributed by atoms with van der Waals surface area (Å²) < 4.78 is 10.9. The van der Waals surface area contributed by atoms with E-state index in [1.54, 1.807) is 36.1 Å². The van der Waals surface area contributed by atoms with E-state index in [0.717, 1.165) is 17.1 Å². The molecule has 0 aliphatic heterocycles. The highest BCUT2D eigenvalue weighted by Gasteiger charge is 2.08. The number of hydrogen-bond acceptors (Lipinski definition) is 6. The van der Waals surface area contributed by atoms with Crippen molar-refractivity contribution in [1.82, 2.24) is 10.1 Å². The lowest BCUT2D eigenvalue weighted by molar-refractivity contribution is 0.342. The van der Waals surface area contributed by atoms with Gasteiger partial charge in [0, 0.05) is 11.3 Å². The molecule has 24 heavy (non-hydrogen) atoms. The predicted molar refractivity (Wildman–Crippen MR) is 96.8 cm³/mol. The van der Waals surface area contributed by atoms with Crippen LogP contribution in [0.5, 0.6) is 5.75 Å². The molecule has 0 spiro atoms. The molecular weight excluding hydrogens is 324 g/mol. The van der Waals surface area contributed by atoms with Gasteiger partial charge in [-0.1, -0.05) is 54.2 Å². The second-order valence-corrected chi connectivity index (χ2v) is 5.77. The average molecular weight is 344 g/mol. The maximum absolute atomic E-state index is 8.87. The number of aliphatic hydroxyl groups excluding tert-OH is 1. The fourth-order valence-corrected chi connectivity index (χ4v) is 2.47. The Morgan fingerprint density at radius 2 is 2.17 bits per heavy atom. The summed E-state index contributed by atoms with van der Waals surface area (Å²) in [5.41, 5.74) is 0.742. The number of aliphatic hydroxyl groups is 1. The fraction of sp³-hybridized carbons (Fsp3) is 0.222. The van der Waals surface area contributed by atoms with E-state index in [-0.39, 0.29) is 6.61 Å². The van der Waals surface area contributed by atoms with Crippen molar-refractivity contribution in [2.45, 2.75) is 5.75 Å². The van der Waals surface area contributed by atoms with Crippen LogP contribution in [-0.2, 0) is 5.75 Å². The molecular formula is C18H20N2O3S. The molecule has 2 aromatic rings. The molecule has 0 atom stereocenters. The molecule has 1 N–H and O–H groups in total. The van der Waals surface area contributed by atoms with Gasteiger partial charge in [-0.3, -0.25) is 0 Å². The molecule has 0 amide bonds. The number of nitrogens with zero attached hydrogens (tertiary/aromatic N) is 2. The summed E-state index contributed by atoms with van der Waals surface area (Å²) in [4.78, 5) is 4.35. The van der Waals surface area contributed by atoms with Gasteiger partial charge in [-0.15, -0.1) is 11.8 Å². The summed E-state index contributed by atoms with van der Waals surface area (Å²) >= 11 is 1.66. The quantitative estimate of drug-likeness (QED) is 0.525. The van der Waals surface area contributed by atoms with Crippen LogP contribution in [-0.4, -0.2) is 34.2 Å². The van der Waals surface area contributed by atoms with Crippen molar-refractivity contribution in [3.05, 3.63) is 72.9 Å². The van der Waals surface area contributed by atoms with Gasteiger partial charge in [-0.2, -0.15) is 4.98 Å². The summed E-state index contributed by atoms with van der Waals surface area (Å²) in [5, 5.41) is 12.8. The minimum Gasteiger partial charge on any atom is -0.493 e. The number of thioether (sulfide) groups is 1. The van der Waals surface area contributed by atoms with Crippen LogP contribution >= 0.6 is 11.8 Å². The molecule has 5 nitrogen and oxygen atoms in total. The number of ether oxygens (including phenoxy) is 1. The first-order chi connectivity index (χ1) is 11.8. The minimum atomic E-state index is -0.0452. The van der Waals surface area contributed by atoms with E-state index in [0.29, 0.717) is 24.1 Å². The SMILES string of the molecule is C=C/C=C(\C=C/CO)c1noc(CSCCOc2ccccc2)n1. The first-order valence-electron chi connectivity index (χ1n) is 7.52. The molecule has 2 rings (SSSR count). The monoisotopic (exact) mass is 344 g/mol. The normalized spacial score (nSPS) is 11.8. The number of para-hydroxylation sites is 1. The van der Waals surface area contributed by atoms with Gasteiger partial charge < -0.3 is 14.4 Å². The molecule has 0 bridgehead atoms. The lowest BCUT2D eigenvalue weighted by Crippen LogP contribution is -2.00. The lowest BCUT2D eigenvalue weighted by atomic mass is 10.2. The third-order valence-corrected chi connectivity index (χ3v) is 3.80. The van der Waals surface area contributed by atoms with Crippen LogP contribution in [0.2, 0.25) is 0 Å². The van der Waals surface area contributed by atoms with Crippen LogP contribution in [0.1, 0.15) is 11.7 Å². The standard InChI is InChI=1S/C18H20N2O3S/c1-2-7-15(8-6-11-21)18-19-17(23-20-18)14-24-13-12-22-16-9-4-3-5-10-16/h2-10,21H,1,11-14H2/b8-6-,15-7+. The van der Waals surface area contributed by atoms with Gasteiger partial charge in [0.2, 0.25) is 11.7 Å². The van der Waals surface area contributed by atoms with Crippen LogP contribution in [0.15, 0.2) is 65.7 Å². The molecule has 1 heterocycles. The van der Waals surface area contributed by atoms with Crippen molar-refractivity contribution in [1.29, 1.82) is 0 Å². The molecule has 0 aliphatic carbocycles. The third kappa shape index (κ3) is 6.06. The maximum Gasteiger partial charge on any atom is 0.236 e. The molecule has 1 aromatic carbocycles. The molecule has 0 saturated heterocycles. The summed E-state index contributed by atoms with van der Waals surface area (Å²) in [5.74, 6) is 3.36. The number of aromatic nitrogens is 2. The summed E-state index contributed by atoms with van der Waals surface area (Å²) in [6.07, 6.45) is 6.75. The summed E-state index contributed by atoms with van der Waals surface area (Å²) in [6, 6.07) is 9.72. The van der Waals surface area contributed by atoms with Gasteiger partial charge in [0.25, 0.3) is 0 Å². The Bertz CT molecular complexity index is 681. The Kier molecular flexibility index (Phi) is 7.86. The zero-order valence-electron chi connectivity index (χ0n) is 13.3. The van der Waals surface area contributed by atoms with E-state index in [2.05, 4.69) is 16.7 Å². The minimum absolute atomic E-state index is 0.0452. The lowest BCUT2D eigenvalue weighted by Gasteiger charge is -2.04. The topological polar surface area (TPSA) is 68.4 Å². The molecule has 1 aromatic heterocycles. The predicted octanol–water partition coefficient (Wildman–Crippen LogP) is 3.50. The molecule has 0 fully saturated rings. The number of rotatable bonds is 10. The van der Waals surface area contributed by atoms with Crippen molar-refractivity contribution in [3.63, 3.8) is 0 Å². The smallest absolute Gasteiger partial charge is 0.236 e. The number of benzene rings is 1. The Morgan fingerprint density at radius 1 is 1.33 bits per heavy atom. The largest absolute Gasteiger partial charge is 0.493 e. The first kappa shape index (κ1) is 18.0. The van der Waals surface area contributed by atoms with Crippen molar-refractivity contribution < 1.29 is 14.4 Å². The molecule has 6 heteroatoms. The van der Waals surface area contributed by atoms with Crippen LogP contribution in [0.4, 0.5) is 0 Å². The Labute approximate surface area is 145 Å². The van der Waals surface area contributed by atoms with Crippen molar-refractivity contribution >= 4 is 17.3 Å². The number of hydrogen-bond donors (Lipinski definition) is 1. The van der Waals surface area contributed by atoms with Crippen molar-refractivity contribution in [3.8, 4) is 5.75 Å². The zero-order chi connectivity index (χ0) is 17.0. The molecule has 126 valence electrons. The second-order valence-electron chi connectivity index (χ2n) is 4.67. The number of allylic oxidation sites excluding steroid dienone is 4. The van der Waals surface area contributed by atoms with E-state index in [9.17, 15) is 0 Å². The molecule has 0 radical (unpaired) electrons. The van der Waals surface area contributed by atoms with Crippen molar-refractivity contribution in [2.24, 2.45) is 0 Å². The Morgan fingerprint density at radius 3 is 2.92 bits per heavy atom. The van der Waals surface area contributed by atoms with E-state index in [1.165, 1.54) is 0 Å². The van der Waals surface area contributed by atoms with Gasteiger partial charge >= 0.3 is 0 Å². The van der Waals surface area contributed by atoms with E-state index in [4.69, 9.17) is 14.4 Å². The maximum atomic E-state index is 8.87. The third-order valence-electron chi connectivity index (χ3n) is 2.89. The van der Waals surface area contributed by atoms with E-state index in [1.807, 2.05) is 30.3 Å². The Balaban J connectivity index is 1.78. The van der Waals surface area contributed by atoms with Crippen LogP contribution < -0.4 is 4.74 Å². The van der Waals surface area contributed by atoms with E-state index < -0.39 is 0 Å². The van der Waals surface area contributed by atoms with E-state index >= 15 is 0 Å². The van der Waals surface area contributed by atoms with Gasteiger partial charge in [0.05, 0.1) is 19.0 Å². The zero-order valence-corrected chi connectivity index (χ0v) is 14.1. The van der Waals surface area contributed by atoms with Crippen LogP contribution in [0, 0.1) is 0 Å². The summed E-state index contributed by atoms with van der Waals surface area (Å²) in [7, 11) is 0. The van der Waals surface area contributed by atoms with Gasteiger partial charge in [-0.05, 0) is 12.1 Å². The average Bonchev–Trinajstić information content (AvgIpc) is 3.08. The van der Waals surface area contributed by atoms with Gasteiger partial charge in [0.15, 0.2) is 0 Å². The fourth-order valence-electron chi connectivity index (χ4n) is 1.84. The Hall–Kier alpha value is -2.31. The molecule has 0 aliphatic rings. The molecule has 0 unspecified atom stereocenters. The van der Waals surface area contributed by atoms with Gasteiger partial charge in [0.1, 0.15) is 5.75 Å². The summed E-state index contributed by atoms with van der Waals surface area (Å²) in [6.45, 7) is 4.24. The second kappa shape index (κ2) is 10.5. The van der Waals surface area contributed by atoms with Crippen LogP contribution in [0.3, 0.4) is 0 Å². The van der Waals surface area contributed by atoms with Crippen molar-refractivity contribution in [2.75, 3.05) is 19.0 Å². The highest BCUT2D eigenvalue weighted by Crippen LogP contribution is 2.16.